The molecular formula is C16H23ClN2O2. The van der Waals surface area contributed by atoms with Crippen LogP contribution in [0.2, 0.25) is 0 Å². The Bertz CT molecular complexity index is 458. The van der Waals surface area contributed by atoms with Crippen LogP contribution in [0.25, 0.3) is 0 Å². The molecule has 4 nitrogen and oxygen atoms in total. The molecule has 0 heterocycles. The zero-order valence-electron chi connectivity index (χ0n) is 12.2. The van der Waals surface area contributed by atoms with Crippen molar-refractivity contribution in [1.29, 1.82) is 0 Å². The Morgan fingerprint density at radius 2 is 1.90 bits per heavy atom. The lowest BCUT2D eigenvalue weighted by molar-refractivity contribution is 0.124. The van der Waals surface area contributed by atoms with Crippen LogP contribution in [0.5, 0.6) is 0 Å². The van der Waals surface area contributed by atoms with Crippen molar-refractivity contribution in [3.05, 3.63) is 29.8 Å². The number of benzene rings is 1. The highest BCUT2D eigenvalue weighted by molar-refractivity contribution is 6.21. The summed E-state index contributed by atoms with van der Waals surface area (Å²) in [6, 6.07) is 7.41. The van der Waals surface area contributed by atoms with Gasteiger partial charge in [-0.05, 0) is 36.5 Å². The Kier molecular flexibility index (Phi) is 5.74. The number of nitrogens with two attached hydrogens (primary N) is 1. The van der Waals surface area contributed by atoms with Crippen molar-refractivity contribution in [2.45, 2.75) is 44.0 Å². The van der Waals surface area contributed by atoms with E-state index in [1.165, 1.54) is 24.2 Å². The zero-order valence-corrected chi connectivity index (χ0v) is 12.9. The van der Waals surface area contributed by atoms with E-state index in [-0.39, 0.29) is 0 Å². The summed E-state index contributed by atoms with van der Waals surface area (Å²) >= 11 is 6.35. The highest BCUT2D eigenvalue weighted by Crippen LogP contribution is 2.26. The average Bonchev–Trinajstić information content (AvgIpc) is 2.48. The van der Waals surface area contributed by atoms with E-state index in [4.69, 9.17) is 17.3 Å². The Hall–Kier alpha value is -1.42. The number of anilines is 1. The summed E-state index contributed by atoms with van der Waals surface area (Å²) in [7, 11) is 0. The summed E-state index contributed by atoms with van der Waals surface area (Å²) in [5.41, 5.74) is 6.81. The molecule has 0 spiro atoms. The van der Waals surface area contributed by atoms with Crippen molar-refractivity contribution in [2.24, 2.45) is 5.92 Å². The van der Waals surface area contributed by atoms with E-state index >= 15 is 0 Å². The number of rotatable bonds is 5. The maximum atomic E-state index is 11.5. The van der Waals surface area contributed by atoms with E-state index in [9.17, 15) is 9.90 Å². The van der Waals surface area contributed by atoms with Crippen LogP contribution in [0.1, 0.15) is 37.7 Å². The molecule has 0 bridgehead atoms. The first kappa shape index (κ1) is 16.0. The van der Waals surface area contributed by atoms with E-state index in [1.807, 2.05) is 24.3 Å². The molecule has 21 heavy (non-hydrogen) atoms. The fraction of sp³-hybridized carbons (Fsp3) is 0.562. The molecule has 0 aliphatic heterocycles. The number of carbonyl (C=O) groups is 1. The monoisotopic (exact) mass is 310 g/mol. The molecule has 1 aromatic rings. The second kappa shape index (κ2) is 7.55. The van der Waals surface area contributed by atoms with Crippen molar-refractivity contribution >= 4 is 23.4 Å². The minimum Gasteiger partial charge on any atom is -0.465 e. The van der Waals surface area contributed by atoms with Gasteiger partial charge in [-0.2, -0.15) is 0 Å². The van der Waals surface area contributed by atoms with Gasteiger partial charge in [0, 0.05) is 18.7 Å². The zero-order chi connectivity index (χ0) is 15.2. The molecule has 1 aliphatic carbocycles. The maximum Gasteiger partial charge on any atom is 0.408 e. The van der Waals surface area contributed by atoms with Gasteiger partial charge < -0.3 is 10.8 Å². The standard InChI is InChI=1S/C16H23ClN2O2/c17-15(10-12-6-8-14(18)9-7-12)19(16(20)21)11-13-4-2-1-3-5-13/h6-9,13,15H,1-5,10-11,18H2,(H,20,21). The van der Waals surface area contributed by atoms with Crippen LogP contribution >= 0.6 is 11.6 Å². The van der Waals surface area contributed by atoms with Gasteiger partial charge in [-0.25, -0.2) is 4.79 Å². The van der Waals surface area contributed by atoms with Crippen LogP contribution in [-0.4, -0.2) is 28.1 Å². The van der Waals surface area contributed by atoms with Gasteiger partial charge in [0.25, 0.3) is 0 Å². The molecule has 116 valence electrons. The predicted octanol–water partition coefficient (Wildman–Crippen LogP) is 3.94. The van der Waals surface area contributed by atoms with Gasteiger partial charge in [-0.15, -0.1) is 0 Å². The summed E-state index contributed by atoms with van der Waals surface area (Å²) in [6.45, 7) is 0.540. The molecular weight excluding hydrogens is 288 g/mol. The molecule has 1 fully saturated rings. The number of hydrogen-bond donors (Lipinski definition) is 2. The number of hydrogen-bond acceptors (Lipinski definition) is 2. The molecule has 1 unspecified atom stereocenters. The molecule has 0 aromatic heterocycles. The van der Waals surface area contributed by atoms with E-state index < -0.39 is 11.6 Å². The molecule has 5 heteroatoms. The minimum absolute atomic E-state index is 0.447. The maximum absolute atomic E-state index is 11.5. The smallest absolute Gasteiger partial charge is 0.408 e. The van der Waals surface area contributed by atoms with Crippen molar-refractivity contribution in [3.63, 3.8) is 0 Å². The van der Waals surface area contributed by atoms with Gasteiger partial charge in [-0.3, -0.25) is 4.90 Å². The van der Waals surface area contributed by atoms with E-state index in [2.05, 4.69) is 0 Å². The van der Waals surface area contributed by atoms with Crippen molar-refractivity contribution < 1.29 is 9.90 Å². The van der Waals surface area contributed by atoms with Crippen molar-refractivity contribution in [2.75, 3.05) is 12.3 Å². The summed E-state index contributed by atoms with van der Waals surface area (Å²) in [4.78, 5) is 12.9. The molecule has 3 N–H and O–H groups in total. The van der Waals surface area contributed by atoms with Gasteiger partial charge >= 0.3 is 6.09 Å². The van der Waals surface area contributed by atoms with Crippen LogP contribution in [0.3, 0.4) is 0 Å². The Balaban J connectivity index is 1.96. The van der Waals surface area contributed by atoms with Crippen LogP contribution < -0.4 is 5.73 Å². The van der Waals surface area contributed by atoms with Crippen molar-refractivity contribution in [3.8, 4) is 0 Å². The quantitative estimate of drug-likeness (QED) is 0.492. The van der Waals surface area contributed by atoms with Crippen LogP contribution in [0.15, 0.2) is 24.3 Å². The number of carboxylic acid groups (broad SMARTS) is 1. The summed E-state index contributed by atoms with van der Waals surface area (Å²) in [5, 5.41) is 9.42. The Morgan fingerprint density at radius 1 is 1.29 bits per heavy atom. The molecule has 1 saturated carbocycles. The predicted molar refractivity (Wildman–Crippen MR) is 85.5 cm³/mol. The lowest BCUT2D eigenvalue weighted by Gasteiger charge is -2.31. The van der Waals surface area contributed by atoms with E-state index in [0.717, 1.165) is 18.4 Å². The van der Waals surface area contributed by atoms with Gasteiger partial charge in [0.1, 0.15) is 5.50 Å². The molecule has 1 atom stereocenters. The van der Waals surface area contributed by atoms with Gasteiger partial charge in [0.05, 0.1) is 0 Å². The number of nitrogens with zero attached hydrogens (tertiary/aromatic N) is 1. The topological polar surface area (TPSA) is 66.6 Å². The van der Waals surface area contributed by atoms with Gasteiger partial charge in [-0.1, -0.05) is 43.0 Å². The number of halogens is 1. The first-order valence-corrected chi connectivity index (χ1v) is 7.98. The number of nitrogen functional groups attached to an aromatic ring is 1. The fourth-order valence-corrected chi connectivity index (χ4v) is 3.26. The highest BCUT2D eigenvalue weighted by atomic mass is 35.5. The third-order valence-electron chi connectivity index (χ3n) is 4.15. The molecule has 0 saturated heterocycles. The first-order valence-electron chi connectivity index (χ1n) is 7.54. The second-order valence-corrected chi connectivity index (χ2v) is 6.32. The summed E-state index contributed by atoms with van der Waals surface area (Å²) < 4.78 is 0. The highest BCUT2D eigenvalue weighted by Gasteiger charge is 2.25. The Morgan fingerprint density at radius 3 is 2.48 bits per heavy atom. The average molecular weight is 311 g/mol. The fourth-order valence-electron chi connectivity index (χ4n) is 2.92. The number of alkyl halides is 1. The lowest BCUT2D eigenvalue weighted by atomic mass is 9.89. The SMILES string of the molecule is Nc1ccc(CC(Cl)N(CC2CCCCC2)C(=O)O)cc1. The second-order valence-electron chi connectivity index (χ2n) is 5.82. The van der Waals surface area contributed by atoms with Crippen LogP contribution in [0, 0.1) is 5.92 Å². The lowest BCUT2D eigenvalue weighted by Crippen LogP contribution is -2.41. The molecule has 1 aromatic carbocycles. The van der Waals surface area contributed by atoms with E-state index in [0.29, 0.717) is 24.6 Å². The minimum atomic E-state index is -0.934. The largest absolute Gasteiger partial charge is 0.465 e. The van der Waals surface area contributed by atoms with Gasteiger partial charge in [0.2, 0.25) is 0 Å². The van der Waals surface area contributed by atoms with Crippen LogP contribution in [0.4, 0.5) is 10.5 Å². The third kappa shape index (κ3) is 4.81. The first-order chi connectivity index (χ1) is 10.1. The molecule has 1 amide bonds. The van der Waals surface area contributed by atoms with Crippen LogP contribution in [-0.2, 0) is 6.42 Å². The number of amides is 1. The molecule has 1 aliphatic rings. The summed E-state index contributed by atoms with van der Waals surface area (Å²) in [6.07, 6.45) is 5.44. The normalized spacial score (nSPS) is 17.4. The Labute approximate surface area is 130 Å². The third-order valence-corrected chi connectivity index (χ3v) is 4.54. The molecule has 0 radical (unpaired) electrons. The summed E-state index contributed by atoms with van der Waals surface area (Å²) in [5.74, 6) is 0.447. The molecule has 2 rings (SSSR count). The van der Waals surface area contributed by atoms with E-state index in [1.54, 1.807) is 0 Å². The van der Waals surface area contributed by atoms with Gasteiger partial charge in [0.15, 0.2) is 0 Å². The van der Waals surface area contributed by atoms with Crippen molar-refractivity contribution in [1.82, 2.24) is 4.90 Å².